The second kappa shape index (κ2) is 2.05. The van der Waals surface area contributed by atoms with Gasteiger partial charge in [0.2, 0.25) is 0 Å². The molecule has 1 aromatic heterocycles. The highest BCUT2D eigenvalue weighted by molar-refractivity contribution is 5.96. The summed E-state index contributed by atoms with van der Waals surface area (Å²) in [6, 6.07) is 3.35. The largest absolute Gasteiger partial charge is 0.458 e. The van der Waals surface area contributed by atoms with E-state index in [-0.39, 0.29) is 5.78 Å². The van der Waals surface area contributed by atoms with Crippen LogP contribution in [0.4, 0.5) is 0 Å². The summed E-state index contributed by atoms with van der Waals surface area (Å²) >= 11 is 0. The lowest BCUT2D eigenvalue weighted by Crippen LogP contribution is -1.86. The zero-order valence-corrected chi connectivity index (χ0v) is 5.18. The summed E-state index contributed by atoms with van der Waals surface area (Å²) in [4.78, 5) is 10.5. The molecule has 0 aliphatic heterocycles. The van der Waals surface area contributed by atoms with Crippen molar-refractivity contribution in [1.29, 1.82) is 0 Å². The molecule has 2 nitrogen and oxygen atoms in total. The number of ketones is 1. The van der Waals surface area contributed by atoms with Crippen LogP contribution in [0.2, 0.25) is 0 Å². The molecular formula is C7H7O2. The second-order valence-corrected chi connectivity index (χ2v) is 1.83. The number of carbonyl (C=O) groups is 1. The third-order valence-electron chi connectivity index (χ3n) is 1.02. The molecule has 0 N–H and O–H groups in total. The van der Waals surface area contributed by atoms with E-state index in [0.717, 1.165) is 5.76 Å². The Hall–Kier alpha value is -1.05. The van der Waals surface area contributed by atoms with Gasteiger partial charge < -0.3 is 4.42 Å². The first-order chi connectivity index (χ1) is 4.20. The van der Waals surface area contributed by atoms with E-state index in [4.69, 9.17) is 4.42 Å². The van der Waals surface area contributed by atoms with Crippen molar-refractivity contribution in [2.75, 3.05) is 0 Å². The van der Waals surface area contributed by atoms with Gasteiger partial charge in [0.15, 0.2) is 11.5 Å². The number of aryl methyl sites for hydroxylation is 1. The van der Waals surface area contributed by atoms with E-state index in [1.54, 1.807) is 19.1 Å². The van der Waals surface area contributed by atoms with Gasteiger partial charge in [-0.25, -0.2) is 0 Å². The molecule has 0 bridgehead atoms. The molecule has 0 aliphatic carbocycles. The minimum absolute atomic E-state index is 0.275. The number of carbonyl (C=O) groups excluding carboxylic acids is 1. The summed E-state index contributed by atoms with van der Waals surface area (Å²) in [5.74, 6) is 0.789. The van der Waals surface area contributed by atoms with Gasteiger partial charge in [-0.2, -0.15) is 0 Å². The monoisotopic (exact) mass is 123 g/mol. The predicted molar refractivity (Wildman–Crippen MR) is 33.1 cm³/mol. The molecule has 0 aliphatic rings. The van der Waals surface area contributed by atoms with E-state index in [1.807, 2.05) is 0 Å². The van der Waals surface area contributed by atoms with E-state index in [1.165, 1.54) is 0 Å². The molecule has 1 heterocycles. The molecule has 2 heteroatoms. The minimum Gasteiger partial charge on any atom is -0.458 e. The van der Waals surface area contributed by atoms with Crippen LogP contribution in [0.15, 0.2) is 16.5 Å². The molecule has 0 unspecified atom stereocenters. The molecule has 47 valence electrons. The Balaban J connectivity index is 2.98. The Morgan fingerprint density at radius 2 is 2.33 bits per heavy atom. The topological polar surface area (TPSA) is 30.2 Å². The van der Waals surface area contributed by atoms with Crippen LogP contribution in [0.3, 0.4) is 0 Å². The highest BCUT2D eigenvalue weighted by atomic mass is 16.3. The zero-order valence-electron chi connectivity index (χ0n) is 5.18. The van der Waals surface area contributed by atoms with Crippen molar-refractivity contribution in [3.8, 4) is 0 Å². The lowest BCUT2D eigenvalue weighted by molar-refractivity contribution is 0.101. The second-order valence-electron chi connectivity index (χ2n) is 1.83. The van der Waals surface area contributed by atoms with Crippen molar-refractivity contribution in [1.82, 2.24) is 0 Å². The van der Waals surface area contributed by atoms with Crippen molar-refractivity contribution in [2.24, 2.45) is 0 Å². The van der Waals surface area contributed by atoms with Crippen LogP contribution < -0.4 is 0 Å². The van der Waals surface area contributed by atoms with Crippen LogP contribution in [0.25, 0.3) is 0 Å². The fourth-order valence-electron chi connectivity index (χ4n) is 0.584. The van der Waals surface area contributed by atoms with Crippen molar-refractivity contribution in [3.05, 3.63) is 30.6 Å². The SMILES string of the molecule is [CH2]C(=O)c1ccc(C)o1. The minimum atomic E-state index is -0.275. The number of furan rings is 1. The number of hydrogen-bond acceptors (Lipinski definition) is 2. The lowest BCUT2D eigenvalue weighted by atomic mass is 10.3. The third-order valence-corrected chi connectivity index (χ3v) is 1.02. The van der Waals surface area contributed by atoms with Gasteiger partial charge >= 0.3 is 0 Å². The van der Waals surface area contributed by atoms with Crippen LogP contribution in [-0.4, -0.2) is 5.78 Å². The van der Waals surface area contributed by atoms with Gasteiger partial charge in [0.05, 0.1) is 0 Å². The molecule has 1 rings (SSSR count). The van der Waals surface area contributed by atoms with E-state index in [9.17, 15) is 4.79 Å². The highest BCUT2D eigenvalue weighted by Gasteiger charge is 2.01. The third kappa shape index (κ3) is 1.19. The Morgan fingerprint density at radius 1 is 1.67 bits per heavy atom. The van der Waals surface area contributed by atoms with E-state index >= 15 is 0 Å². The summed E-state index contributed by atoms with van der Waals surface area (Å²) in [5.41, 5.74) is 0. The standard InChI is InChI=1S/C7H7O2/c1-5-3-4-7(9-5)6(2)8/h3-4H,2H2,1H3. The fourth-order valence-corrected chi connectivity index (χ4v) is 0.584. The molecule has 1 radical (unpaired) electrons. The lowest BCUT2D eigenvalue weighted by Gasteiger charge is -1.82. The first-order valence-corrected chi connectivity index (χ1v) is 2.63. The van der Waals surface area contributed by atoms with Crippen molar-refractivity contribution >= 4 is 5.78 Å². The van der Waals surface area contributed by atoms with E-state index in [2.05, 4.69) is 6.92 Å². The Kier molecular flexibility index (Phi) is 1.39. The van der Waals surface area contributed by atoms with Crippen LogP contribution in [-0.2, 0) is 0 Å². The maximum absolute atomic E-state index is 10.5. The average Bonchev–Trinajstić information content (AvgIpc) is 2.14. The van der Waals surface area contributed by atoms with Crippen LogP contribution in [0.1, 0.15) is 16.3 Å². The van der Waals surface area contributed by atoms with Gasteiger partial charge in [0.25, 0.3) is 0 Å². The Morgan fingerprint density at radius 3 is 2.56 bits per heavy atom. The molecule has 0 atom stereocenters. The quantitative estimate of drug-likeness (QED) is 0.531. The first-order valence-electron chi connectivity index (χ1n) is 2.63. The maximum Gasteiger partial charge on any atom is 0.198 e. The molecule has 0 spiro atoms. The highest BCUT2D eigenvalue weighted by Crippen LogP contribution is 2.05. The molecule has 9 heavy (non-hydrogen) atoms. The molecule has 0 saturated carbocycles. The van der Waals surface area contributed by atoms with E-state index < -0.39 is 0 Å². The number of Topliss-reactive ketones (excluding diaryl/α,β-unsaturated/α-hetero) is 1. The van der Waals surface area contributed by atoms with Crippen LogP contribution in [0, 0.1) is 13.8 Å². The normalized spacial score (nSPS) is 9.56. The summed E-state index contributed by atoms with van der Waals surface area (Å²) in [6.07, 6.45) is 0. The van der Waals surface area contributed by atoms with Crippen molar-refractivity contribution < 1.29 is 9.21 Å². The summed E-state index contributed by atoms with van der Waals surface area (Å²) in [6.45, 7) is 4.97. The molecule has 0 amide bonds. The maximum atomic E-state index is 10.5. The van der Waals surface area contributed by atoms with Gasteiger partial charge in [-0.05, 0) is 19.1 Å². The van der Waals surface area contributed by atoms with Crippen LogP contribution in [0.5, 0.6) is 0 Å². The van der Waals surface area contributed by atoms with Gasteiger partial charge in [-0.1, -0.05) is 0 Å². The molecular weight excluding hydrogens is 116 g/mol. The van der Waals surface area contributed by atoms with Crippen LogP contribution >= 0.6 is 0 Å². The first kappa shape index (κ1) is 6.08. The summed E-state index contributed by atoms with van der Waals surface area (Å²) < 4.78 is 4.93. The Bertz CT molecular complexity index is 223. The Labute approximate surface area is 53.5 Å². The fraction of sp³-hybridized carbons (Fsp3) is 0.143. The molecule has 0 aromatic carbocycles. The molecule has 0 fully saturated rings. The van der Waals surface area contributed by atoms with E-state index in [0.29, 0.717) is 5.76 Å². The summed E-state index contributed by atoms with van der Waals surface area (Å²) in [7, 11) is 0. The van der Waals surface area contributed by atoms with Gasteiger partial charge in [-0.15, -0.1) is 0 Å². The van der Waals surface area contributed by atoms with Gasteiger partial charge in [0.1, 0.15) is 5.76 Å². The zero-order chi connectivity index (χ0) is 6.85. The van der Waals surface area contributed by atoms with Gasteiger partial charge in [-0.3, -0.25) is 4.79 Å². The van der Waals surface area contributed by atoms with Crippen molar-refractivity contribution in [3.63, 3.8) is 0 Å². The smallest absolute Gasteiger partial charge is 0.198 e. The van der Waals surface area contributed by atoms with Gasteiger partial charge in [0, 0.05) is 6.92 Å². The number of rotatable bonds is 1. The number of hydrogen-bond donors (Lipinski definition) is 0. The molecule has 1 aromatic rings. The van der Waals surface area contributed by atoms with Crippen molar-refractivity contribution in [2.45, 2.75) is 6.92 Å². The average molecular weight is 123 g/mol. The molecule has 0 saturated heterocycles. The summed E-state index contributed by atoms with van der Waals surface area (Å²) in [5, 5.41) is 0. The predicted octanol–water partition coefficient (Wildman–Crippen LogP) is 1.60.